The number of carbonyl (C=O) groups is 3. The largest absolute Gasteiger partial charge is 0.480 e. The van der Waals surface area contributed by atoms with Gasteiger partial charge in [0, 0.05) is 17.2 Å². The number of benzene rings is 1. The van der Waals surface area contributed by atoms with Crippen LogP contribution in [0.5, 0.6) is 0 Å². The van der Waals surface area contributed by atoms with Gasteiger partial charge in [-0.3, -0.25) is 14.4 Å². The van der Waals surface area contributed by atoms with Crippen molar-refractivity contribution < 1.29 is 23.9 Å². The first-order valence-electron chi connectivity index (χ1n) is 7.79. The van der Waals surface area contributed by atoms with E-state index in [9.17, 15) is 14.4 Å². The smallest absolute Gasteiger partial charge is 0.322 e. The maximum Gasteiger partial charge on any atom is 0.322 e. The summed E-state index contributed by atoms with van der Waals surface area (Å²) in [4.78, 5) is 34.5. The van der Waals surface area contributed by atoms with Gasteiger partial charge in [-0.2, -0.15) is 0 Å². The normalized spacial score (nSPS) is 10.6. The Morgan fingerprint density at radius 1 is 1.12 bits per heavy atom. The third kappa shape index (κ3) is 4.69. The van der Waals surface area contributed by atoms with Crippen molar-refractivity contribution >= 4 is 23.5 Å². The Morgan fingerprint density at radius 2 is 1.76 bits per heavy atom. The molecular weight excluding hydrogens is 324 g/mol. The zero-order chi connectivity index (χ0) is 18.6. The van der Waals surface area contributed by atoms with Crippen LogP contribution < -0.4 is 10.6 Å². The summed E-state index contributed by atoms with van der Waals surface area (Å²) < 4.78 is 5.57. The second-order valence-electron chi connectivity index (χ2n) is 5.88. The van der Waals surface area contributed by atoms with Crippen LogP contribution in [0.1, 0.15) is 52.0 Å². The van der Waals surface area contributed by atoms with E-state index in [1.807, 2.05) is 13.8 Å². The average molecular weight is 344 g/mol. The number of anilines is 1. The van der Waals surface area contributed by atoms with Crippen molar-refractivity contribution in [2.75, 3.05) is 11.9 Å². The fraction of sp³-hybridized carbons (Fsp3) is 0.278. The van der Waals surface area contributed by atoms with E-state index >= 15 is 0 Å². The molecule has 2 aromatic rings. The van der Waals surface area contributed by atoms with Crippen LogP contribution in [0.3, 0.4) is 0 Å². The van der Waals surface area contributed by atoms with Gasteiger partial charge in [-0.1, -0.05) is 13.8 Å². The first-order chi connectivity index (χ1) is 11.8. The Kier molecular flexibility index (Phi) is 5.59. The van der Waals surface area contributed by atoms with Crippen LogP contribution in [0, 0.1) is 6.92 Å². The molecule has 0 saturated heterocycles. The average Bonchev–Trinajstić information content (AvgIpc) is 2.95. The van der Waals surface area contributed by atoms with Crippen molar-refractivity contribution in [3.63, 3.8) is 0 Å². The summed E-state index contributed by atoms with van der Waals surface area (Å²) in [5.41, 5.74) is 1.29. The highest BCUT2D eigenvalue weighted by atomic mass is 16.4. The molecule has 25 heavy (non-hydrogen) atoms. The van der Waals surface area contributed by atoms with Crippen LogP contribution in [0.25, 0.3) is 0 Å². The molecule has 0 aliphatic heterocycles. The van der Waals surface area contributed by atoms with Crippen LogP contribution in [0.2, 0.25) is 0 Å². The molecule has 2 amide bonds. The van der Waals surface area contributed by atoms with Crippen molar-refractivity contribution in [1.29, 1.82) is 0 Å². The highest BCUT2D eigenvalue weighted by molar-refractivity contribution is 6.05. The highest BCUT2D eigenvalue weighted by Gasteiger charge is 2.17. The molecule has 0 fully saturated rings. The minimum absolute atomic E-state index is 0.184. The summed E-state index contributed by atoms with van der Waals surface area (Å²) in [5, 5.41) is 13.6. The van der Waals surface area contributed by atoms with E-state index in [2.05, 4.69) is 10.6 Å². The molecule has 0 atom stereocenters. The Hall–Kier alpha value is -3.09. The number of hydrogen-bond acceptors (Lipinski definition) is 4. The Balaban J connectivity index is 2.04. The minimum Gasteiger partial charge on any atom is -0.480 e. The summed E-state index contributed by atoms with van der Waals surface area (Å²) in [6.45, 7) is 5.24. The molecule has 1 aromatic carbocycles. The number of furan rings is 1. The number of hydrogen-bond donors (Lipinski definition) is 3. The SMILES string of the molecule is Cc1oc(C(C)C)cc1C(=O)Nc1ccc(C(=O)NCC(=O)O)cc1. The van der Waals surface area contributed by atoms with Crippen LogP contribution in [-0.4, -0.2) is 29.4 Å². The van der Waals surface area contributed by atoms with Gasteiger partial charge in [0.2, 0.25) is 0 Å². The second kappa shape index (κ2) is 7.65. The van der Waals surface area contributed by atoms with Gasteiger partial charge < -0.3 is 20.2 Å². The Morgan fingerprint density at radius 3 is 2.28 bits per heavy atom. The highest BCUT2D eigenvalue weighted by Crippen LogP contribution is 2.22. The van der Waals surface area contributed by atoms with E-state index in [4.69, 9.17) is 9.52 Å². The molecule has 0 saturated carbocycles. The van der Waals surface area contributed by atoms with Crippen molar-refractivity contribution in [2.24, 2.45) is 0 Å². The summed E-state index contributed by atoms with van der Waals surface area (Å²) in [7, 11) is 0. The summed E-state index contributed by atoms with van der Waals surface area (Å²) in [6.07, 6.45) is 0. The number of amides is 2. The van der Waals surface area contributed by atoms with Gasteiger partial charge in [0.05, 0.1) is 5.56 Å². The van der Waals surface area contributed by atoms with E-state index in [1.54, 1.807) is 25.1 Å². The number of aliphatic carboxylic acids is 1. The van der Waals surface area contributed by atoms with Crippen LogP contribution in [0.4, 0.5) is 5.69 Å². The molecule has 132 valence electrons. The van der Waals surface area contributed by atoms with E-state index in [-0.39, 0.29) is 11.8 Å². The lowest BCUT2D eigenvalue weighted by molar-refractivity contribution is -0.135. The molecule has 3 N–H and O–H groups in total. The Labute approximate surface area is 145 Å². The number of carboxylic acid groups (broad SMARTS) is 1. The van der Waals surface area contributed by atoms with E-state index in [0.29, 0.717) is 22.6 Å². The zero-order valence-electron chi connectivity index (χ0n) is 14.3. The van der Waals surface area contributed by atoms with Gasteiger partial charge in [0.25, 0.3) is 11.8 Å². The zero-order valence-corrected chi connectivity index (χ0v) is 14.3. The molecule has 1 heterocycles. The number of nitrogens with one attached hydrogen (secondary N) is 2. The number of carboxylic acids is 1. The molecule has 0 aliphatic carbocycles. The molecular formula is C18H20N2O5. The predicted octanol–water partition coefficient (Wildman–Crippen LogP) is 2.78. The van der Waals surface area contributed by atoms with Gasteiger partial charge in [-0.25, -0.2) is 0 Å². The van der Waals surface area contributed by atoms with Crippen molar-refractivity contribution in [3.05, 3.63) is 53.0 Å². The third-order valence-electron chi connectivity index (χ3n) is 3.56. The fourth-order valence-electron chi connectivity index (χ4n) is 2.18. The fourth-order valence-corrected chi connectivity index (χ4v) is 2.18. The molecule has 7 nitrogen and oxygen atoms in total. The molecule has 0 radical (unpaired) electrons. The monoisotopic (exact) mass is 344 g/mol. The van der Waals surface area contributed by atoms with Gasteiger partial charge in [0.15, 0.2) is 0 Å². The van der Waals surface area contributed by atoms with Crippen LogP contribution in [-0.2, 0) is 4.79 Å². The topological polar surface area (TPSA) is 109 Å². The third-order valence-corrected chi connectivity index (χ3v) is 3.56. The Bertz CT molecular complexity index is 790. The lowest BCUT2D eigenvalue weighted by Gasteiger charge is -2.06. The minimum atomic E-state index is -1.12. The van der Waals surface area contributed by atoms with Crippen LogP contribution >= 0.6 is 0 Å². The number of carbonyl (C=O) groups excluding carboxylic acids is 2. The first-order valence-corrected chi connectivity index (χ1v) is 7.79. The molecule has 0 unspecified atom stereocenters. The van der Waals surface area contributed by atoms with Gasteiger partial charge in [-0.15, -0.1) is 0 Å². The summed E-state index contributed by atoms with van der Waals surface area (Å²) in [6, 6.07) is 7.89. The van der Waals surface area contributed by atoms with Gasteiger partial charge >= 0.3 is 5.97 Å². The van der Waals surface area contributed by atoms with E-state index in [0.717, 1.165) is 5.76 Å². The van der Waals surface area contributed by atoms with E-state index < -0.39 is 18.4 Å². The molecule has 0 aliphatic rings. The summed E-state index contributed by atoms with van der Waals surface area (Å²) >= 11 is 0. The number of aryl methyl sites for hydroxylation is 1. The van der Waals surface area contributed by atoms with Gasteiger partial charge in [0.1, 0.15) is 18.1 Å². The van der Waals surface area contributed by atoms with Crippen molar-refractivity contribution in [3.8, 4) is 0 Å². The molecule has 0 spiro atoms. The maximum atomic E-state index is 12.4. The molecule has 0 bridgehead atoms. The maximum absolute atomic E-state index is 12.4. The first kappa shape index (κ1) is 18.3. The quantitative estimate of drug-likeness (QED) is 0.746. The standard InChI is InChI=1S/C18H20N2O5/c1-10(2)15-8-14(11(3)25-15)18(24)20-13-6-4-12(5-7-13)17(23)19-9-16(21)22/h4-8,10H,9H2,1-3H3,(H,19,23)(H,20,24)(H,21,22). The summed E-state index contributed by atoms with van der Waals surface area (Å²) in [5.74, 6) is -0.431. The van der Waals surface area contributed by atoms with Crippen LogP contribution in [0.15, 0.2) is 34.7 Å². The molecule has 1 aromatic heterocycles. The van der Waals surface area contributed by atoms with Crippen molar-refractivity contribution in [1.82, 2.24) is 5.32 Å². The molecule has 2 rings (SSSR count). The van der Waals surface area contributed by atoms with Gasteiger partial charge in [-0.05, 0) is 37.3 Å². The second-order valence-corrected chi connectivity index (χ2v) is 5.88. The van der Waals surface area contributed by atoms with E-state index in [1.165, 1.54) is 12.1 Å². The lowest BCUT2D eigenvalue weighted by Crippen LogP contribution is -2.29. The van der Waals surface area contributed by atoms with Crippen molar-refractivity contribution in [2.45, 2.75) is 26.7 Å². The molecule has 7 heteroatoms. The predicted molar refractivity (Wildman–Crippen MR) is 91.9 cm³/mol. The lowest BCUT2D eigenvalue weighted by atomic mass is 10.1. The number of rotatable bonds is 6.